The first-order valence-electron chi connectivity index (χ1n) is 7.77. The zero-order chi connectivity index (χ0) is 17.3. The minimum absolute atomic E-state index is 0. The minimum Gasteiger partial charge on any atom is -0.380 e. The topological polar surface area (TPSA) is 50.9 Å². The molecule has 3 aromatic rings. The molecular formula is C18H21Cl3FN3S. The fourth-order valence-electron chi connectivity index (χ4n) is 2.64. The number of anilines is 1. The van der Waals surface area contributed by atoms with Crippen LogP contribution in [0.4, 0.5) is 10.1 Å². The van der Waals surface area contributed by atoms with Gasteiger partial charge in [-0.25, -0.2) is 9.37 Å². The van der Waals surface area contributed by atoms with E-state index in [-0.39, 0.29) is 36.7 Å². The first-order valence-corrected chi connectivity index (χ1v) is 8.96. The lowest BCUT2D eigenvalue weighted by molar-refractivity contribution is 0.613. The Morgan fingerprint density at radius 3 is 2.65 bits per heavy atom. The Morgan fingerprint density at radius 2 is 2.00 bits per heavy atom. The van der Waals surface area contributed by atoms with Gasteiger partial charge in [-0.3, -0.25) is 0 Å². The highest BCUT2D eigenvalue weighted by Gasteiger charge is 2.15. The molecule has 8 heteroatoms. The first kappa shape index (κ1) is 22.9. The van der Waals surface area contributed by atoms with Crippen molar-refractivity contribution in [3.8, 4) is 0 Å². The number of fused-ring (bicyclic) bond motifs is 1. The predicted molar refractivity (Wildman–Crippen MR) is 115 cm³/mol. The molecule has 0 aliphatic rings. The summed E-state index contributed by atoms with van der Waals surface area (Å²) in [6.07, 6.45) is 0.803. The van der Waals surface area contributed by atoms with E-state index >= 15 is 0 Å². The highest BCUT2D eigenvalue weighted by molar-refractivity contribution is 7.19. The first-order chi connectivity index (χ1) is 11.5. The summed E-state index contributed by atoms with van der Waals surface area (Å²) in [5, 5.41) is 3.72. The molecule has 26 heavy (non-hydrogen) atoms. The number of aromatic nitrogens is 1. The maximum Gasteiger partial charge on any atom is 0.131 e. The third kappa shape index (κ3) is 4.99. The molecule has 0 spiro atoms. The van der Waals surface area contributed by atoms with Crippen LogP contribution in [0.2, 0.25) is 5.15 Å². The van der Waals surface area contributed by atoms with Crippen molar-refractivity contribution in [2.75, 3.05) is 5.32 Å². The normalized spacial score (nSPS) is 11.6. The van der Waals surface area contributed by atoms with Crippen LogP contribution in [0, 0.1) is 12.7 Å². The molecule has 142 valence electrons. The van der Waals surface area contributed by atoms with Crippen LogP contribution >= 0.6 is 47.8 Å². The number of aryl methyl sites for hydroxylation is 1. The number of rotatable bonds is 5. The Balaban J connectivity index is 0.00000169. The lowest BCUT2D eigenvalue weighted by atomic mass is 10.1. The predicted octanol–water partition coefficient (Wildman–Crippen LogP) is 5.74. The molecule has 3 rings (SSSR count). The molecule has 0 radical (unpaired) electrons. The van der Waals surface area contributed by atoms with Crippen molar-refractivity contribution in [3.63, 3.8) is 0 Å². The zero-order valence-electron chi connectivity index (χ0n) is 14.4. The number of hydrogen-bond donors (Lipinski definition) is 2. The Labute approximate surface area is 174 Å². The Hall–Kier alpha value is -1.11. The largest absolute Gasteiger partial charge is 0.380 e. The van der Waals surface area contributed by atoms with Gasteiger partial charge in [-0.1, -0.05) is 29.8 Å². The molecule has 0 fully saturated rings. The molecule has 0 bridgehead atoms. The number of nitrogens with zero attached hydrogens (tertiary/aromatic N) is 1. The maximum absolute atomic E-state index is 13.8. The SMILES string of the molecule is Cc1c(C[C@H](C)N)sc2c(NCc3ccccc3F)cc(Cl)nc12.Cl.Cl. The standard InChI is InChI=1S/C18H19ClFN3S.2ClH/c1-10(21)7-15-11(2)17-18(24-15)14(8-16(19)23-17)22-9-12-5-3-4-6-13(12)20;;/h3-6,8,10H,7,9,21H2,1-2H3,(H,22,23);2*1H/t10-;;/m0../s1. The highest BCUT2D eigenvalue weighted by Crippen LogP contribution is 2.37. The third-order valence-electron chi connectivity index (χ3n) is 3.87. The van der Waals surface area contributed by atoms with Gasteiger partial charge in [0.2, 0.25) is 0 Å². The van der Waals surface area contributed by atoms with Crippen molar-refractivity contribution >= 4 is 63.7 Å². The van der Waals surface area contributed by atoms with Gasteiger partial charge in [0.1, 0.15) is 11.0 Å². The van der Waals surface area contributed by atoms with E-state index in [0.717, 1.165) is 27.9 Å². The summed E-state index contributed by atoms with van der Waals surface area (Å²) in [7, 11) is 0. The van der Waals surface area contributed by atoms with Crippen molar-refractivity contribution in [2.24, 2.45) is 5.73 Å². The van der Waals surface area contributed by atoms with E-state index in [1.165, 1.54) is 10.9 Å². The zero-order valence-corrected chi connectivity index (χ0v) is 17.6. The van der Waals surface area contributed by atoms with Crippen LogP contribution in [0.15, 0.2) is 30.3 Å². The molecule has 0 saturated carbocycles. The van der Waals surface area contributed by atoms with Gasteiger partial charge >= 0.3 is 0 Å². The van der Waals surface area contributed by atoms with Gasteiger partial charge in [-0.15, -0.1) is 36.2 Å². The Bertz CT molecular complexity index is 883. The van der Waals surface area contributed by atoms with Gasteiger partial charge in [0.05, 0.1) is 15.9 Å². The van der Waals surface area contributed by atoms with E-state index < -0.39 is 0 Å². The second kappa shape index (κ2) is 9.72. The van der Waals surface area contributed by atoms with E-state index in [2.05, 4.69) is 10.3 Å². The van der Waals surface area contributed by atoms with Crippen molar-refractivity contribution < 1.29 is 4.39 Å². The van der Waals surface area contributed by atoms with Gasteiger partial charge in [-0.2, -0.15) is 0 Å². The van der Waals surface area contributed by atoms with Crippen LogP contribution in [0.1, 0.15) is 22.9 Å². The number of pyridine rings is 1. The summed E-state index contributed by atoms with van der Waals surface area (Å²) in [5.74, 6) is -0.221. The highest BCUT2D eigenvalue weighted by atomic mass is 35.5. The van der Waals surface area contributed by atoms with E-state index in [0.29, 0.717) is 17.3 Å². The van der Waals surface area contributed by atoms with Gasteiger partial charge < -0.3 is 11.1 Å². The molecule has 0 aliphatic carbocycles. The van der Waals surface area contributed by atoms with Crippen molar-refractivity contribution in [2.45, 2.75) is 32.9 Å². The van der Waals surface area contributed by atoms with Crippen molar-refractivity contribution in [1.29, 1.82) is 0 Å². The van der Waals surface area contributed by atoms with Gasteiger partial charge in [0.25, 0.3) is 0 Å². The molecule has 2 heterocycles. The summed E-state index contributed by atoms with van der Waals surface area (Å²) in [6.45, 7) is 4.42. The van der Waals surface area contributed by atoms with E-state index in [1.54, 1.807) is 29.5 Å². The second-order valence-electron chi connectivity index (χ2n) is 5.95. The van der Waals surface area contributed by atoms with Crippen LogP contribution in [0.25, 0.3) is 10.2 Å². The molecule has 1 aromatic carbocycles. The summed E-state index contributed by atoms with van der Waals surface area (Å²) >= 11 is 7.85. The van der Waals surface area contributed by atoms with Crippen LogP contribution in [0.5, 0.6) is 0 Å². The summed E-state index contributed by atoms with van der Waals surface area (Å²) in [4.78, 5) is 5.67. The summed E-state index contributed by atoms with van der Waals surface area (Å²) < 4.78 is 14.8. The number of nitrogens with two attached hydrogens (primary N) is 1. The van der Waals surface area contributed by atoms with Crippen LogP contribution in [-0.2, 0) is 13.0 Å². The number of thiophene rings is 1. The van der Waals surface area contributed by atoms with E-state index in [4.69, 9.17) is 17.3 Å². The molecule has 2 aromatic heterocycles. The Kier molecular flexibility index (Phi) is 8.57. The number of nitrogens with one attached hydrogen (secondary N) is 1. The van der Waals surface area contributed by atoms with E-state index in [1.807, 2.05) is 19.9 Å². The van der Waals surface area contributed by atoms with Gasteiger partial charge in [0.15, 0.2) is 0 Å². The molecular weight excluding hydrogens is 416 g/mol. The number of hydrogen-bond acceptors (Lipinski definition) is 4. The van der Waals surface area contributed by atoms with Crippen molar-refractivity contribution in [3.05, 3.63) is 57.3 Å². The van der Waals surface area contributed by atoms with Crippen molar-refractivity contribution in [1.82, 2.24) is 4.98 Å². The summed E-state index contributed by atoms with van der Waals surface area (Å²) in [5.41, 5.74) is 9.43. The van der Waals surface area contributed by atoms with Crippen LogP contribution < -0.4 is 11.1 Å². The van der Waals surface area contributed by atoms with Gasteiger partial charge in [-0.05, 0) is 31.9 Å². The summed E-state index contributed by atoms with van der Waals surface area (Å²) in [6, 6.07) is 8.61. The van der Waals surface area contributed by atoms with Crippen LogP contribution in [0.3, 0.4) is 0 Å². The molecule has 0 unspecified atom stereocenters. The fraction of sp³-hybridized carbons (Fsp3) is 0.278. The second-order valence-corrected chi connectivity index (χ2v) is 7.44. The minimum atomic E-state index is -0.221. The fourth-order valence-corrected chi connectivity index (χ4v) is 4.21. The smallest absolute Gasteiger partial charge is 0.131 e. The quantitative estimate of drug-likeness (QED) is 0.501. The molecule has 1 atom stereocenters. The molecule has 3 nitrogen and oxygen atoms in total. The molecule has 0 saturated heterocycles. The lowest BCUT2D eigenvalue weighted by Crippen LogP contribution is -2.17. The molecule has 0 aliphatic heterocycles. The maximum atomic E-state index is 13.8. The number of benzene rings is 1. The molecule has 0 amide bonds. The van der Waals surface area contributed by atoms with E-state index in [9.17, 15) is 4.39 Å². The molecule has 3 N–H and O–H groups in total. The number of halogens is 4. The average Bonchev–Trinajstić information content (AvgIpc) is 2.82. The van der Waals surface area contributed by atoms with Gasteiger partial charge in [0, 0.05) is 29.1 Å². The Morgan fingerprint density at radius 1 is 1.31 bits per heavy atom. The average molecular weight is 437 g/mol. The van der Waals surface area contributed by atoms with Crippen LogP contribution in [-0.4, -0.2) is 11.0 Å². The lowest BCUT2D eigenvalue weighted by Gasteiger charge is -2.09. The third-order valence-corrected chi connectivity index (χ3v) is 5.41. The monoisotopic (exact) mass is 435 g/mol.